The first-order valence-corrected chi connectivity index (χ1v) is 6.17. The molecule has 0 radical (unpaired) electrons. The molecule has 2 rings (SSSR count). The van der Waals surface area contributed by atoms with Crippen LogP contribution >= 0.6 is 0 Å². The molecule has 102 valence electrons. The van der Waals surface area contributed by atoms with E-state index in [-0.39, 0.29) is 0 Å². The average molecular weight is 261 g/mol. The molecule has 0 aliphatic rings. The highest BCUT2D eigenvalue weighted by atomic mass is 16.5. The largest absolute Gasteiger partial charge is 0.497 e. The summed E-state index contributed by atoms with van der Waals surface area (Å²) in [5.41, 5.74) is 7.51. The minimum absolute atomic E-state index is 0.408. The Labute approximate surface area is 112 Å². The van der Waals surface area contributed by atoms with E-state index < -0.39 is 0 Å². The number of methoxy groups -OCH3 is 1. The Hall–Kier alpha value is -1.85. The van der Waals surface area contributed by atoms with Gasteiger partial charge in [0, 0.05) is 19.2 Å². The maximum Gasteiger partial charge on any atom is 0.151 e. The number of rotatable bonds is 6. The van der Waals surface area contributed by atoms with E-state index in [0.717, 1.165) is 23.7 Å². The SMILES string of the molecule is COc1ccc(CN(C)Cc2cc(CN)no2)cc1. The highest BCUT2D eigenvalue weighted by Gasteiger charge is 2.07. The quantitative estimate of drug-likeness (QED) is 0.858. The fourth-order valence-electron chi connectivity index (χ4n) is 1.89. The lowest BCUT2D eigenvalue weighted by Crippen LogP contribution is -2.16. The van der Waals surface area contributed by atoms with Crippen LogP contribution in [0.1, 0.15) is 17.0 Å². The molecule has 0 saturated heterocycles. The van der Waals surface area contributed by atoms with E-state index in [1.165, 1.54) is 5.56 Å². The lowest BCUT2D eigenvalue weighted by atomic mass is 10.2. The van der Waals surface area contributed by atoms with Crippen molar-refractivity contribution in [2.45, 2.75) is 19.6 Å². The molecule has 0 amide bonds. The molecule has 0 unspecified atom stereocenters. The molecule has 5 nitrogen and oxygen atoms in total. The fraction of sp³-hybridized carbons (Fsp3) is 0.357. The van der Waals surface area contributed by atoms with Crippen LogP contribution in [0.4, 0.5) is 0 Å². The minimum atomic E-state index is 0.408. The molecule has 0 aliphatic heterocycles. The maximum atomic E-state index is 5.50. The van der Waals surface area contributed by atoms with Gasteiger partial charge in [-0.2, -0.15) is 0 Å². The Morgan fingerprint density at radius 1 is 1.26 bits per heavy atom. The van der Waals surface area contributed by atoms with E-state index in [0.29, 0.717) is 13.1 Å². The van der Waals surface area contributed by atoms with E-state index >= 15 is 0 Å². The topological polar surface area (TPSA) is 64.5 Å². The second-order valence-electron chi connectivity index (χ2n) is 4.51. The molecule has 0 atom stereocenters. The third-order valence-corrected chi connectivity index (χ3v) is 2.85. The van der Waals surface area contributed by atoms with Crippen molar-refractivity contribution in [3.8, 4) is 5.75 Å². The molecule has 5 heteroatoms. The first kappa shape index (κ1) is 13.6. The van der Waals surface area contributed by atoms with Crippen LogP contribution in [0, 0.1) is 0 Å². The first-order chi connectivity index (χ1) is 9.21. The van der Waals surface area contributed by atoms with Gasteiger partial charge in [0.25, 0.3) is 0 Å². The number of aromatic nitrogens is 1. The van der Waals surface area contributed by atoms with E-state index in [2.05, 4.69) is 22.2 Å². The van der Waals surface area contributed by atoms with Gasteiger partial charge in [-0.3, -0.25) is 4.90 Å². The lowest BCUT2D eigenvalue weighted by Gasteiger charge is -2.14. The molecule has 19 heavy (non-hydrogen) atoms. The molecule has 2 N–H and O–H groups in total. The average Bonchev–Trinajstić information content (AvgIpc) is 2.87. The van der Waals surface area contributed by atoms with Gasteiger partial charge in [-0.15, -0.1) is 0 Å². The first-order valence-electron chi connectivity index (χ1n) is 6.17. The van der Waals surface area contributed by atoms with Crippen molar-refractivity contribution in [2.75, 3.05) is 14.2 Å². The van der Waals surface area contributed by atoms with Gasteiger partial charge in [-0.05, 0) is 24.7 Å². The Morgan fingerprint density at radius 3 is 2.58 bits per heavy atom. The zero-order valence-corrected chi connectivity index (χ0v) is 11.3. The summed E-state index contributed by atoms with van der Waals surface area (Å²) < 4.78 is 10.3. The van der Waals surface area contributed by atoms with Crippen LogP contribution in [-0.4, -0.2) is 24.2 Å². The molecule has 0 aliphatic carbocycles. The van der Waals surface area contributed by atoms with Gasteiger partial charge in [-0.25, -0.2) is 0 Å². The van der Waals surface area contributed by atoms with E-state index in [4.69, 9.17) is 15.0 Å². The Kier molecular flexibility index (Phi) is 4.54. The molecule has 1 aromatic carbocycles. The number of ether oxygens (including phenoxy) is 1. The summed E-state index contributed by atoms with van der Waals surface area (Å²) in [6, 6.07) is 9.93. The van der Waals surface area contributed by atoms with Crippen LogP contribution in [0.25, 0.3) is 0 Å². The molecule has 2 aromatic rings. The van der Waals surface area contributed by atoms with Crippen molar-refractivity contribution in [2.24, 2.45) is 5.73 Å². The smallest absolute Gasteiger partial charge is 0.151 e. The molecule has 1 heterocycles. The highest BCUT2D eigenvalue weighted by Crippen LogP contribution is 2.14. The molecule has 1 aromatic heterocycles. The van der Waals surface area contributed by atoms with Crippen molar-refractivity contribution in [3.05, 3.63) is 47.3 Å². The number of hydrogen-bond acceptors (Lipinski definition) is 5. The van der Waals surface area contributed by atoms with Crippen molar-refractivity contribution < 1.29 is 9.26 Å². The predicted octanol–water partition coefficient (Wildman–Crippen LogP) is 1.77. The Bertz CT molecular complexity index is 508. The normalized spacial score (nSPS) is 10.9. The summed E-state index contributed by atoms with van der Waals surface area (Å²) >= 11 is 0. The van der Waals surface area contributed by atoms with Crippen LogP contribution in [0.15, 0.2) is 34.9 Å². The van der Waals surface area contributed by atoms with E-state index in [1.807, 2.05) is 25.2 Å². The zero-order chi connectivity index (χ0) is 13.7. The number of hydrogen-bond donors (Lipinski definition) is 1. The van der Waals surface area contributed by atoms with Crippen LogP contribution in [0.5, 0.6) is 5.75 Å². The van der Waals surface area contributed by atoms with Gasteiger partial charge in [0.2, 0.25) is 0 Å². The number of nitrogens with two attached hydrogens (primary N) is 1. The maximum absolute atomic E-state index is 5.50. The molecule has 0 bridgehead atoms. The molecule has 0 spiro atoms. The van der Waals surface area contributed by atoms with Gasteiger partial charge in [0.15, 0.2) is 5.76 Å². The van der Waals surface area contributed by atoms with E-state index in [1.54, 1.807) is 7.11 Å². The third-order valence-electron chi connectivity index (χ3n) is 2.85. The standard InChI is InChI=1S/C14H19N3O2/c1-17(10-14-7-12(8-15)16-19-14)9-11-3-5-13(18-2)6-4-11/h3-7H,8-10,15H2,1-2H3. The highest BCUT2D eigenvalue weighted by molar-refractivity contribution is 5.27. The van der Waals surface area contributed by atoms with Gasteiger partial charge >= 0.3 is 0 Å². The van der Waals surface area contributed by atoms with E-state index in [9.17, 15) is 0 Å². The summed E-state index contributed by atoms with van der Waals surface area (Å²) in [4.78, 5) is 2.16. The van der Waals surface area contributed by atoms with Gasteiger partial charge < -0.3 is 15.0 Å². The summed E-state index contributed by atoms with van der Waals surface area (Å²) in [5.74, 6) is 1.70. The third kappa shape index (κ3) is 3.81. The lowest BCUT2D eigenvalue weighted by molar-refractivity contribution is 0.265. The molecule has 0 saturated carbocycles. The summed E-state index contributed by atoms with van der Waals surface area (Å²) in [6.45, 7) is 1.95. The molecular formula is C14H19N3O2. The second kappa shape index (κ2) is 6.36. The van der Waals surface area contributed by atoms with Crippen LogP contribution in [0.3, 0.4) is 0 Å². The van der Waals surface area contributed by atoms with Crippen LogP contribution < -0.4 is 10.5 Å². The summed E-state index contributed by atoms with van der Waals surface area (Å²) in [5, 5.41) is 3.87. The summed E-state index contributed by atoms with van der Waals surface area (Å²) in [6.07, 6.45) is 0. The van der Waals surface area contributed by atoms with Crippen LogP contribution in [-0.2, 0) is 19.6 Å². The van der Waals surface area contributed by atoms with Crippen LogP contribution in [0.2, 0.25) is 0 Å². The molecular weight excluding hydrogens is 242 g/mol. The summed E-state index contributed by atoms with van der Waals surface area (Å²) in [7, 11) is 3.70. The minimum Gasteiger partial charge on any atom is -0.497 e. The van der Waals surface area contributed by atoms with Gasteiger partial charge in [-0.1, -0.05) is 17.3 Å². The predicted molar refractivity (Wildman–Crippen MR) is 72.6 cm³/mol. The van der Waals surface area contributed by atoms with Gasteiger partial charge in [0.05, 0.1) is 19.3 Å². The van der Waals surface area contributed by atoms with Crippen molar-refractivity contribution in [1.82, 2.24) is 10.1 Å². The number of benzene rings is 1. The fourth-order valence-corrected chi connectivity index (χ4v) is 1.89. The van der Waals surface area contributed by atoms with Gasteiger partial charge in [0.1, 0.15) is 5.75 Å². The Balaban J connectivity index is 1.90. The van der Waals surface area contributed by atoms with Crippen molar-refractivity contribution >= 4 is 0 Å². The molecule has 0 fully saturated rings. The van der Waals surface area contributed by atoms with Crippen molar-refractivity contribution in [3.63, 3.8) is 0 Å². The Morgan fingerprint density at radius 2 is 2.00 bits per heavy atom. The zero-order valence-electron chi connectivity index (χ0n) is 11.3. The number of nitrogens with zero attached hydrogens (tertiary/aromatic N) is 2. The monoisotopic (exact) mass is 261 g/mol. The van der Waals surface area contributed by atoms with Crippen molar-refractivity contribution in [1.29, 1.82) is 0 Å². The second-order valence-corrected chi connectivity index (χ2v) is 4.51.